The third-order valence-electron chi connectivity index (χ3n) is 3.68. The molecule has 19 heavy (non-hydrogen) atoms. The SMILES string of the molecule is CC(C)CC(C)(c1ccc2c(c1)OCCO2)N(C)O. The molecule has 1 N–H and O–H groups in total. The molecule has 0 fully saturated rings. The Morgan fingerprint density at radius 3 is 2.47 bits per heavy atom. The first kappa shape index (κ1) is 14.2. The monoisotopic (exact) mass is 265 g/mol. The number of hydrogen-bond acceptors (Lipinski definition) is 4. The summed E-state index contributed by atoms with van der Waals surface area (Å²) in [5.74, 6) is 2.02. The summed E-state index contributed by atoms with van der Waals surface area (Å²) >= 11 is 0. The first-order valence-electron chi connectivity index (χ1n) is 6.76. The predicted octanol–water partition coefficient (Wildman–Crippen LogP) is 3.04. The van der Waals surface area contributed by atoms with Gasteiger partial charge in [-0.15, -0.1) is 0 Å². The fraction of sp³-hybridized carbons (Fsp3) is 0.600. The van der Waals surface area contributed by atoms with Crippen molar-refractivity contribution in [2.24, 2.45) is 5.92 Å². The van der Waals surface area contributed by atoms with Gasteiger partial charge in [-0.3, -0.25) is 0 Å². The molecule has 1 atom stereocenters. The molecule has 1 aromatic carbocycles. The Morgan fingerprint density at radius 1 is 1.26 bits per heavy atom. The third-order valence-corrected chi connectivity index (χ3v) is 3.68. The number of nitrogens with zero attached hydrogens (tertiary/aromatic N) is 1. The lowest BCUT2D eigenvalue weighted by atomic mass is 9.83. The van der Waals surface area contributed by atoms with Crippen LogP contribution in [0, 0.1) is 5.92 Å². The molecule has 0 aromatic heterocycles. The van der Waals surface area contributed by atoms with Gasteiger partial charge in [-0.2, -0.15) is 5.06 Å². The molecule has 106 valence electrons. The Bertz CT molecular complexity index is 445. The molecule has 1 unspecified atom stereocenters. The van der Waals surface area contributed by atoms with Crippen molar-refractivity contribution in [2.45, 2.75) is 32.7 Å². The van der Waals surface area contributed by atoms with E-state index in [1.54, 1.807) is 7.05 Å². The van der Waals surface area contributed by atoms with Gasteiger partial charge in [-0.1, -0.05) is 19.9 Å². The number of rotatable bonds is 4. The van der Waals surface area contributed by atoms with Crippen LogP contribution in [0.1, 0.15) is 32.8 Å². The summed E-state index contributed by atoms with van der Waals surface area (Å²) in [6, 6.07) is 5.90. The van der Waals surface area contributed by atoms with E-state index >= 15 is 0 Å². The van der Waals surface area contributed by atoms with E-state index in [4.69, 9.17) is 9.47 Å². The lowest BCUT2D eigenvalue weighted by Gasteiger charge is -2.37. The minimum Gasteiger partial charge on any atom is -0.486 e. The highest BCUT2D eigenvalue weighted by Crippen LogP contribution is 2.38. The van der Waals surface area contributed by atoms with Crippen LogP contribution in [-0.4, -0.2) is 30.5 Å². The largest absolute Gasteiger partial charge is 0.486 e. The van der Waals surface area contributed by atoms with Gasteiger partial charge < -0.3 is 14.7 Å². The predicted molar refractivity (Wildman–Crippen MR) is 73.8 cm³/mol. The quantitative estimate of drug-likeness (QED) is 0.850. The smallest absolute Gasteiger partial charge is 0.161 e. The fourth-order valence-corrected chi connectivity index (χ4v) is 2.61. The van der Waals surface area contributed by atoms with E-state index in [-0.39, 0.29) is 0 Å². The van der Waals surface area contributed by atoms with E-state index in [9.17, 15) is 5.21 Å². The zero-order valence-corrected chi connectivity index (χ0v) is 12.1. The first-order chi connectivity index (χ1) is 8.93. The minimum absolute atomic E-state index is 0.427. The van der Waals surface area contributed by atoms with Crippen molar-refractivity contribution in [3.63, 3.8) is 0 Å². The van der Waals surface area contributed by atoms with Gasteiger partial charge in [0.2, 0.25) is 0 Å². The molecule has 0 saturated heterocycles. The molecule has 0 bridgehead atoms. The molecule has 4 heteroatoms. The Morgan fingerprint density at radius 2 is 1.89 bits per heavy atom. The molecule has 4 nitrogen and oxygen atoms in total. The molecule has 0 saturated carbocycles. The molecule has 1 aromatic rings. The molecule has 1 heterocycles. The number of fused-ring (bicyclic) bond motifs is 1. The normalized spacial score (nSPS) is 17.6. The van der Waals surface area contributed by atoms with Gasteiger partial charge in [-0.05, 0) is 37.0 Å². The van der Waals surface area contributed by atoms with E-state index in [0.29, 0.717) is 19.1 Å². The van der Waals surface area contributed by atoms with Crippen LogP contribution in [0.25, 0.3) is 0 Å². The van der Waals surface area contributed by atoms with Gasteiger partial charge in [-0.25, -0.2) is 0 Å². The first-order valence-corrected chi connectivity index (χ1v) is 6.76. The second-order valence-electron chi connectivity index (χ2n) is 5.75. The van der Waals surface area contributed by atoms with Crippen molar-refractivity contribution in [3.8, 4) is 11.5 Å². The second kappa shape index (κ2) is 5.39. The average Bonchev–Trinajstić information content (AvgIpc) is 2.37. The van der Waals surface area contributed by atoms with Crippen molar-refractivity contribution in [1.82, 2.24) is 5.06 Å². The molecular weight excluding hydrogens is 242 g/mol. The molecule has 1 aliphatic heterocycles. The van der Waals surface area contributed by atoms with Crippen LogP contribution in [-0.2, 0) is 5.54 Å². The molecule has 2 rings (SSSR count). The maximum absolute atomic E-state index is 10.0. The Balaban J connectivity index is 2.37. The summed E-state index contributed by atoms with van der Waals surface area (Å²) in [6.45, 7) is 7.51. The van der Waals surface area contributed by atoms with E-state index in [0.717, 1.165) is 23.5 Å². The van der Waals surface area contributed by atoms with Gasteiger partial charge in [0.05, 0.1) is 5.54 Å². The van der Waals surface area contributed by atoms with E-state index < -0.39 is 5.54 Å². The molecule has 0 amide bonds. The topological polar surface area (TPSA) is 41.9 Å². The average molecular weight is 265 g/mol. The highest BCUT2D eigenvalue weighted by Gasteiger charge is 2.32. The van der Waals surface area contributed by atoms with Crippen LogP contribution in [0.2, 0.25) is 0 Å². The van der Waals surface area contributed by atoms with Crippen molar-refractivity contribution in [2.75, 3.05) is 20.3 Å². The molecular formula is C15H23NO3. The maximum atomic E-state index is 10.0. The molecule has 1 aliphatic rings. The number of benzene rings is 1. The zero-order valence-electron chi connectivity index (χ0n) is 12.1. The van der Waals surface area contributed by atoms with E-state index in [1.165, 1.54) is 5.06 Å². The summed E-state index contributed by atoms with van der Waals surface area (Å²) < 4.78 is 11.2. The van der Waals surface area contributed by atoms with Gasteiger partial charge in [0, 0.05) is 7.05 Å². The van der Waals surface area contributed by atoms with Crippen LogP contribution in [0.15, 0.2) is 18.2 Å². The molecule has 0 aliphatic carbocycles. The second-order valence-corrected chi connectivity index (χ2v) is 5.75. The van der Waals surface area contributed by atoms with E-state index in [2.05, 4.69) is 13.8 Å². The Kier molecular flexibility index (Phi) is 4.02. The number of ether oxygens (including phenoxy) is 2. The maximum Gasteiger partial charge on any atom is 0.161 e. The molecule has 0 spiro atoms. The van der Waals surface area contributed by atoms with E-state index in [1.807, 2.05) is 25.1 Å². The summed E-state index contributed by atoms with van der Waals surface area (Å²) in [7, 11) is 1.69. The summed E-state index contributed by atoms with van der Waals surface area (Å²) in [5, 5.41) is 11.3. The van der Waals surface area contributed by atoms with Crippen molar-refractivity contribution >= 4 is 0 Å². The van der Waals surface area contributed by atoms with Crippen LogP contribution >= 0.6 is 0 Å². The minimum atomic E-state index is -0.427. The lowest BCUT2D eigenvalue weighted by Crippen LogP contribution is -2.40. The Labute approximate surface area is 114 Å². The summed E-state index contributed by atoms with van der Waals surface area (Å²) in [6.07, 6.45) is 0.861. The highest BCUT2D eigenvalue weighted by molar-refractivity contribution is 5.45. The van der Waals surface area contributed by atoms with Crippen LogP contribution in [0.4, 0.5) is 0 Å². The van der Waals surface area contributed by atoms with Gasteiger partial charge in [0.1, 0.15) is 13.2 Å². The van der Waals surface area contributed by atoms with Crippen LogP contribution in [0.3, 0.4) is 0 Å². The molecule has 0 radical (unpaired) electrons. The van der Waals surface area contributed by atoms with Crippen molar-refractivity contribution in [1.29, 1.82) is 0 Å². The summed E-state index contributed by atoms with van der Waals surface area (Å²) in [4.78, 5) is 0. The zero-order chi connectivity index (χ0) is 14.0. The Hall–Kier alpha value is -1.26. The number of hydroxylamine groups is 2. The standard InChI is InChI=1S/C15H23NO3/c1-11(2)10-15(3,16(4)17)12-5-6-13-14(9-12)19-8-7-18-13/h5-6,9,11,17H,7-8,10H2,1-4H3. The van der Waals surface area contributed by atoms with Gasteiger partial charge >= 0.3 is 0 Å². The van der Waals surface area contributed by atoms with Gasteiger partial charge in [0.25, 0.3) is 0 Å². The lowest BCUT2D eigenvalue weighted by molar-refractivity contribution is -0.157. The van der Waals surface area contributed by atoms with Crippen LogP contribution < -0.4 is 9.47 Å². The van der Waals surface area contributed by atoms with Crippen molar-refractivity contribution in [3.05, 3.63) is 23.8 Å². The van der Waals surface area contributed by atoms with Gasteiger partial charge in [0.15, 0.2) is 11.5 Å². The number of hydrogen-bond donors (Lipinski definition) is 1. The third kappa shape index (κ3) is 2.85. The van der Waals surface area contributed by atoms with Crippen LogP contribution in [0.5, 0.6) is 11.5 Å². The summed E-state index contributed by atoms with van der Waals surface area (Å²) in [5.41, 5.74) is 0.611. The highest BCUT2D eigenvalue weighted by atomic mass is 16.6. The fourth-order valence-electron chi connectivity index (χ4n) is 2.61. The van der Waals surface area contributed by atoms with Crippen molar-refractivity contribution < 1.29 is 14.7 Å².